The fourth-order valence-corrected chi connectivity index (χ4v) is 2.73. The highest BCUT2D eigenvalue weighted by atomic mass is 19.4. The van der Waals surface area contributed by atoms with Crippen LogP contribution < -0.4 is 4.74 Å². The van der Waals surface area contributed by atoms with Gasteiger partial charge >= 0.3 is 6.18 Å². The molecule has 0 aromatic heterocycles. The number of rotatable bonds is 4. The summed E-state index contributed by atoms with van der Waals surface area (Å²) < 4.78 is 86.3. The van der Waals surface area contributed by atoms with Crippen LogP contribution in [0, 0.1) is 17.5 Å². The van der Waals surface area contributed by atoms with Crippen LogP contribution in [0.1, 0.15) is 5.56 Å². The van der Waals surface area contributed by atoms with E-state index in [1.165, 1.54) is 12.1 Å². The third-order valence-electron chi connectivity index (χ3n) is 3.93. The summed E-state index contributed by atoms with van der Waals surface area (Å²) in [7, 11) is 0. The number of halogens is 6. The molecule has 3 aromatic carbocycles. The molecule has 140 valence electrons. The molecule has 0 atom stereocenters. The van der Waals surface area contributed by atoms with Crippen molar-refractivity contribution in [2.24, 2.45) is 0 Å². The number of hydrogen-bond acceptors (Lipinski definition) is 1. The maximum absolute atomic E-state index is 14.4. The summed E-state index contributed by atoms with van der Waals surface area (Å²) in [5, 5.41) is -0.205. The van der Waals surface area contributed by atoms with Gasteiger partial charge in [-0.2, -0.15) is 13.2 Å². The molecular formula is C20H12F6O. The molecule has 0 aliphatic rings. The number of fused-ring (bicyclic) bond motifs is 1. The Morgan fingerprint density at radius 3 is 2.19 bits per heavy atom. The topological polar surface area (TPSA) is 9.23 Å². The Bertz CT molecular complexity index is 1000. The average Bonchev–Trinajstić information content (AvgIpc) is 2.58. The van der Waals surface area contributed by atoms with Crippen LogP contribution in [-0.2, 0) is 6.18 Å². The molecule has 0 saturated heterocycles. The predicted octanol–water partition coefficient (Wildman–Crippen LogP) is 6.51. The maximum Gasteiger partial charge on any atom is 0.419 e. The summed E-state index contributed by atoms with van der Waals surface area (Å²) in [6.07, 6.45) is -3.42. The summed E-state index contributed by atoms with van der Waals surface area (Å²) in [5.41, 5.74) is -1.72. The van der Waals surface area contributed by atoms with Crippen molar-refractivity contribution in [3.8, 4) is 16.9 Å². The Morgan fingerprint density at radius 1 is 0.926 bits per heavy atom. The van der Waals surface area contributed by atoms with Gasteiger partial charge < -0.3 is 4.74 Å². The molecule has 0 radical (unpaired) electrons. The monoisotopic (exact) mass is 382 g/mol. The largest absolute Gasteiger partial charge is 0.489 e. The Balaban J connectivity index is 2.09. The summed E-state index contributed by atoms with van der Waals surface area (Å²) >= 11 is 0. The van der Waals surface area contributed by atoms with Gasteiger partial charge in [-0.1, -0.05) is 30.9 Å². The van der Waals surface area contributed by atoms with Crippen LogP contribution in [0.3, 0.4) is 0 Å². The SMILES string of the molecule is C=CCOc1cc(F)c(-c2ccc3c(F)c(C(F)(F)F)ccc3c2)c(F)c1. The summed E-state index contributed by atoms with van der Waals surface area (Å²) in [5.74, 6) is -3.29. The van der Waals surface area contributed by atoms with E-state index in [0.717, 1.165) is 30.3 Å². The Morgan fingerprint density at radius 2 is 1.59 bits per heavy atom. The normalized spacial score (nSPS) is 11.6. The first-order valence-electron chi connectivity index (χ1n) is 7.75. The molecule has 3 rings (SSSR count). The van der Waals surface area contributed by atoms with Crippen molar-refractivity contribution in [1.29, 1.82) is 0 Å². The van der Waals surface area contributed by atoms with Gasteiger partial charge in [-0.3, -0.25) is 0 Å². The van der Waals surface area contributed by atoms with Gasteiger partial charge in [0.05, 0.1) is 11.1 Å². The van der Waals surface area contributed by atoms with Crippen LogP contribution in [0.2, 0.25) is 0 Å². The molecule has 0 unspecified atom stereocenters. The fraction of sp³-hybridized carbons (Fsp3) is 0.100. The second-order valence-electron chi connectivity index (χ2n) is 5.72. The van der Waals surface area contributed by atoms with Crippen molar-refractivity contribution in [2.45, 2.75) is 6.18 Å². The molecule has 7 heteroatoms. The lowest BCUT2D eigenvalue weighted by molar-refractivity contribution is -0.139. The van der Waals surface area contributed by atoms with E-state index >= 15 is 0 Å². The van der Waals surface area contributed by atoms with Gasteiger partial charge in [-0.05, 0) is 23.1 Å². The van der Waals surface area contributed by atoms with Gasteiger partial charge in [0, 0.05) is 17.5 Å². The second kappa shape index (κ2) is 6.98. The van der Waals surface area contributed by atoms with Crippen LogP contribution in [0.4, 0.5) is 26.3 Å². The molecule has 1 nitrogen and oxygen atoms in total. The van der Waals surface area contributed by atoms with Crippen molar-refractivity contribution in [3.63, 3.8) is 0 Å². The van der Waals surface area contributed by atoms with Gasteiger partial charge in [-0.15, -0.1) is 0 Å². The molecule has 0 aliphatic heterocycles. The highest BCUT2D eigenvalue weighted by Crippen LogP contribution is 2.37. The van der Waals surface area contributed by atoms with Gasteiger partial charge in [0.1, 0.15) is 29.8 Å². The Kier molecular flexibility index (Phi) is 4.87. The minimum absolute atomic E-state index is 0.0321. The molecule has 0 amide bonds. The van der Waals surface area contributed by atoms with E-state index in [9.17, 15) is 26.3 Å². The van der Waals surface area contributed by atoms with E-state index in [1.54, 1.807) is 0 Å². The molecular weight excluding hydrogens is 370 g/mol. The Hall–Kier alpha value is -2.96. The lowest BCUT2D eigenvalue weighted by Gasteiger charge is -2.12. The molecule has 0 N–H and O–H groups in total. The van der Waals surface area contributed by atoms with E-state index in [-0.39, 0.29) is 34.3 Å². The zero-order valence-electron chi connectivity index (χ0n) is 13.7. The number of ether oxygens (including phenoxy) is 1. The summed E-state index contributed by atoms with van der Waals surface area (Å²) in [6.45, 7) is 3.49. The maximum atomic E-state index is 14.4. The minimum atomic E-state index is -4.84. The van der Waals surface area contributed by atoms with Gasteiger partial charge in [0.2, 0.25) is 0 Å². The van der Waals surface area contributed by atoms with E-state index < -0.39 is 29.2 Å². The lowest BCUT2D eigenvalue weighted by Crippen LogP contribution is -2.08. The quantitative estimate of drug-likeness (QED) is 0.369. The third-order valence-corrected chi connectivity index (χ3v) is 3.93. The number of hydrogen-bond donors (Lipinski definition) is 0. The molecule has 27 heavy (non-hydrogen) atoms. The van der Waals surface area contributed by atoms with Crippen LogP contribution >= 0.6 is 0 Å². The van der Waals surface area contributed by atoms with Crippen LogP contribution in [-0.4, -0.2) is 6.61 Å². The molecule has 0 spiro atoms. The Labute approximate surface area is 150 Å². The first kappa shape index (κ1) is 18.8. The van der Waals surface area contributed by atoms with Crippen molar-refractivity contribution >= 4 is 10.8 Å². The number of alkyl halides is 3. The van der Waals surface area contributed by atoms with Crippen LogP contribution in [0.25, 0.3) is 21.9 Å². The third kappa shape index (κ3) is 3.63. The van der Waals surface area contributed by atoms with Crippen molar-refractivity contribution in [2.75, 3.05) is 6.61 Å². The first-order valence-corrected chi connectivity index (χ1v) is 7.75. The average molecular weight is 382 g/mol. The van der Waals surface area contributed by atoms with Crippen molar-refractivity contribution in [3.05, 3.63) is 78.1 Å². The lowest BCUT2D eigenvalue weighted by atomic mass is 9.98. The van der Waals surface area contributed by atoms with Crippen molar-refractivity contribution < 1.29 is 31.1 Å². The zero-order valence-corrected chi connectivity index (χ0v) is 13.7. The molecule has 0 heterocycles. The predicted molar refractivity (Wildman–Crippen MR) is 90.0 cm³/mol. The molecule has 3 aromatic rings. The number of benzene rings is 3. The van der Waals surface area contributed by atoms with Crippen LogP contribution in [0.15, 0.2) is 55.1 Å². The molecule has 0 fully saturated rings. The zero-order chi connectivity index (χ0) is 19.8. The van der Waals surface area contributed by atoms with Crippen LogP contribution in [0.5, 0.6) is 5.75 Å². The minimum Gasteiger partial charge on any atom is -0.489 e. The smallest absolute Gasteiger partial charge is 0.419 e. The molecule has 0 saturated carbocycles. The standard InChI is InChI=1S/C20H12F6O/c1-2-7-27-13-9-16(21)18(17(22)10-13)12-3-5-14-11(8-12)4-6-15(19(14)23)20(24,25)26/h2-6,8-10H,1,7H2. The highest BCUT2D eigenvalue weighted by molar-refractivity contribution is 5.88. The van der Waals surface area contributed by atoms with Gasteiger partial charge in [-0.25, -0.2) is 13.2 Å². The van der Waals surface area contributed by atoms with Crippen molar-refractivity contribution in [1.82, 2.24) is 0 Å². The summed E-state index contributed by atoms with van der Waals surface area (Å²) in [6, 6.07) is 7.08. The second-order valence-corrected chi connectivity index (χ2v) is 5.72. The van der Waals surface area contributed by atoms with E-state index in [1.807, 2.05) is 0 Å². The first-order chi connectivity index (χ1) is 12.7. The van der Waals surface area contributed by atoms with E-state index in [0.29, 0.717) is 6.07 Å². The van der Waals surface area contributed by atoms with Gasteiger partial charge in [0.25, 0.3) is 0 Å². The van der Waals surface area contributed by atoms with Gasteiger partial charge in [0.15, 0.2) is 0 Å². The summed E-state index contributed by atoms with van der Waals surface area (Å²) in [4.78, 5) is 0. The van der Waals surface area contributed by atoms with E-state index in [4.69, 9.17) is 4.74 Å². The highest BCUT2D eigenvalue weighted by Gasteiger charge is 2.34. The fourth-order valence-electron chi connectivity index (χ4n) is 2.73. The molecule has 0 aliphatic carbocycles. The van der Waals surface area contributed by atoms with E-state index in [2.05, 4.69) is 6.58 Å². The molecule has 0 bridgehead atoms.